The molecule has 3 aromatic carbocycles. The number of methoxy groups -OCH3 is 1. The Hall–Kier alpha value is -4.12. The molecule has 0 atom stereocenters. The van der Waals surface area contributed by atoms with Crippen molar-refractivity contribution in [2.45, 2.75) is 6.92 Å². The number of anilines is 1. The Morgan fingerprint density at radius 2 is 1.52 bits per heavy atom. The first kappa shape index (κ1) is 20.2. The number of benzene rings is 3. The second-order valence-electron chi connectivity index (χ2n) is 6.97. The number of hydrogen-bond acceptors (Lipinski definition) is 4. The molecule has 154 valence electrons. The quantitative estimate of drug-likeness (QED) is 0.419. The molecule has 0 aliphatic carbocycles. The SMILES string of the molecule is COC(=O)C1=C(C)N(c2ccccc2)C(=O)/C1=C\c1cccc(Oc2ccccc2)c1. The minimum Gasteiger partial charge on any atom is -0.465 e. The summed E-state index contributed by atoms with van der Waals surface area (Å²) in [5.41, 5.74) is 2.50. The molecule has 5 nitrogen and oxygen atoms in total. The van der Waals surface area contributed by atoms with Crippen LogP contribution in [0.5, 0.6) is 11.5 Å². The Kier molecular flexibility index (Phi) is 5.67. The van der Waals surface area contributed by atoms with Crippen molar-refractivity contribution in [1.82, 2.24) is 0 Å². The van der Waals surface area contributed by atoms with Crippen LogP contribution in [0.15, 0.2) is 102 Å². The molecule has 31 heavy (non-hydrogen) atoms. The second kappa shape index (κ2) is 8.71. The Bertz CT molecular complexity index is 1180. The fraction of sp³-hybridized carbons (Fsp3) is 0.0769. The highest BCUT2D eigenvalue weighted by Crippen LogP contribution is 2.35. The molecular weight excluding hydrogens is 390 g/mol. The third-order valence-electron chi connectivity index (χ3n) is 4.95. The van der Waals surface area contributed by atoms with Crippen molar-refractivity contribution in [2.24, 2.45) is 0 Å². The van der Waals surface area contributed by atoms with Gasteiger partial charge in [0, 0.05) is 11.4 Å². The molecule has 0 saturated carbocycles. The van der Waals surface area contributed by atoms with Crippen LogP contribution in [0.4, 0.5) is 5.69 Å². The van der Waals surface area contributed by atoms with E-state index in [1.165, 1.54) is 12.0 Å². The summed E-state index contributed by atoms with van der Waals surface area (Å²) in [5.74, 6) is 0.516. The average molecular weight is 411 g/mol. The van der Waals surface area contributed by atoms with Crippen LogP contribution in [0.3, 0.4) is 0 Å². The van der Waals surface area contributed by atoms with E-state index in [1.807, 2.05) is 84.9 Å². The third kappa shape index (κ3) is 4.12. The summed E-state index contributed by atoms with van der Waals surface area (Å²) < 4.78 is 10.9. The number of allylic oxidation sites excluding steroid dienone is 1. The molecule has 0 radical (unpaired) electrons. The van der Waals surface area contributed by atoms with Gasteiger partial charge in [-0.2, -0.15) is 0 Å². The van der Waals surface area contributed by atoms with Crippen molar-refractivity contribution in [3.63, 3.8) is 0 Å². The number of amides is 1. The molecule has 0 N–H and O–H groups in total. The van der Waals surface area contributed by atoms with Crippen molar-refractivity contribution < 1.29 is 19.1 Å². The van der Waals surface area contributed by atoms with Crippen LogP contribution in [0.2, 0.25) is 0 Å². The molecule has 0 fully saturated rings. The summed E-state index contributed by atoms with van der Waals surface area (Å²) in [7, 11) is 1.31. The monoisotopic (exact) mass is 411 g/mol. The molecule has 0 saturated heterocycles. The first-order valence-electron chi connectivity index (χ1n) is 9.82. The lowest BCUT2D eigenvalue weighted by Gasteiger charge is -2.17. The van der Waals surface area contributed by atoms with Crippen molar-refractivity contribution in [3.05, 3.63) is 107 Å². The van der Waals surface area contributed by atoms with E-state index in [-0.39, 0.29) is 17.1 Å². The van der Waals surface area contributed by atoms with Crippen LogP contribution in [0, 0.1) is 0 Å². The van der Waals surface area contributed by atoms with Gasteiger partial charge in [0.25, 0.3) is 5.91 Å². The van der Waals surface area contributed by atoms with E-state index >= 15 is 0 Å². The number of nitrogens with zero attached hydrogens (tertiary/aromatic N) is 1. The molecule has 0 bridgehead atoms. The van der Waals surface area contributed by atoms with Crippen LogP contribution in [0.25, 0.3) is 6.08 Å². The lowest BCUT2D eigenvalue weighted by molar-refractivity contribution is -0.136. The first-order chi connectivity index (χ1) is 15.1. The number of ether oxygens (including phenoxy) is 2. The Morgan fingerprint density at radius 1 is 0.871 bits per heavy atom. The number of hydrogen-bond donors (Lipinski definition) is 0. The first-order valence-corrected chi connectivity index (χ1v) is 9.82. The highest BCUT2D eigenvalue weighted by atomic mass is 16.5. The van der Waals surface area contributed by atoms with Gasteiger partial charge >= 0.3 is 5.97 Å². The van der Waals surface area contributed by atoms with E-state index in [4.69, 9.17) is 9.47 Å². The lowest BCUT2D eigenvalue weighted by Crippen LogP contribution is -2.24. The van der Waals surface area contributed by atoms with Gasteiger partial charge in [-0.1, -0.05) is 48.5 Å². The number of esters is 1. The second-order valence-corrected chi connectivity index (χ2v) is 6.97. The standard InChI is InChI=1S/C26H21NO4/c1-18-24(26(29)30-2)23(25(28)27(18)20-11-5-3-6-12-20)17-19-10-9-15-22(16-19)31-21-13-7-4-8-14-21/h3-17H,1-2H3/b23-17-. The predicted molar refractivity (Wildman–Crippen MR) is 120 cm³/mol. The van der Waals surface area contributed by atoms with Crippen LogP contribution in [0.1, 0.15) is 12.5 Å². The Morgan fingerprint density at radius 3 is 2.19 bits per heavy atom. The van der Waals surface area contributed by atoms with Gasteiger partial charge in [-0.15, -0.1) is 0 Å². The maximum Gasteiger partial charge on any atom is 0.340 e. The zero-order valence-electron chi connectivity index (χ0n) is 17.2. The van der Waals surface area contributed by atoms with E-state index in [2.05, 4.69) is 0 Å². The number of carbonyl (C=O) groups is 2. The van der Waals surface area contributed by atoms with Crippen molar-refractivity contribution in [1.29, 1.82) is 0 Å². The Balaban J connectivity index is 1.73. The summed E-state index contributed by atoms with van der Waals surface area (Å²) in [4.78, 5) is 27.4. The highest BCUT2D eigenvalue weighted by molar-refractivity contribution is 6.23. The maximum atomic E-state index is 13.3. The predicted octanol–water partition coefficient (Wildman–Crippen LogP) is 5.36. The molecule has 1 aliphatic rings. The molecular formula is C26H21NO4. The molecule has 1 aliphatic heterocycles. The summed E-state index contributed by atoms with van der Waals surface area (Å²) in [6, 6.07) is 26.0. The highest BCUT2D eigenvalue weighted by Gasteiger charge is 2.37. The van der Waals surface area contributed by atoms with Gasteiger partial charge < -0.3 is 9.47 Å². The maximum absolute atomic E-state index is 13.3. The summed E-state index contributed by atoms with van der Waals surface area (Å²) in [5, 5.41) is 0. The smallest absolute Gasteiger partial charge is 0.340 e. The van der Waals surface area contributed by atoms with E-state index < -0.39 is 5.97 Å². The number of rotatable bonds is 5. The van der Waals surface area contributed by atoms with Gasteiger partial charge in [0.15, 0.2) is 0 Å². The fourth-order valence-corrected chi connectivity index (χ4v) is 3.53. The van der Waals surface area contributed by atoms with E-state index in [1.54, 1.807) is 13.0 Å². The van der Waals surface area contributed by atoms with E-state index in [9.17, 15) is 9.59 Å². The molecule has 5 heteroatoms. The zero-order valence-corrected chi connectivity index (χ0v) is 17.2. The van der Waals surface area contributed by atoms with E-state index in [0.29, 0.717) is 22.9 Å². The van der Waals surface area contributed by atoms with Crippen LogP contribution < -0.4 is 9.64 Å². The topological polar surface area (TPSA) is 55.8 Å². The van der Waals surface area contributed by atoms with Crippen molar-refractivity contribution in [3.8, 4) is 11.5 Å². The van der Waals surface area contributed by atoms with Crippen molar-refractivity contribution >= 4 is 23.6 Å². The minimum absolute atomic E-state index is 0.255. The molecule has 4 rings (SSSR count). The minimum atomic E-state index is -0.549. The molecule has 0 spiro atoms. The van der Waals surface area contributed by atoms with Crippen LogP contribution in [-0.4, -0.2) is 19.0 Å². The number of carbonyl (C=O) groups excluding carboxylic acids is 2. The summed E-state index contributed by atoms with van der Waals surface area (Å²) >= 11 is 0. The zero-order chi connectivity index (χ0) is 21.8. The molecule has 1 heterocycles. The third-order valence-corrected chi connectivity index (χ3v) is 4.95. The number of para-hydroxylation sites is 2. The van der Waals surface area contributed by atoms with Gasteiger partial charge in [-0.3, -0.25) is 9.69 Å². The molecule has 0 aromatic heterocycles. The summed E-state index contributed by atoms with van der Waals surface area (Å²) in [6.07, 6.45) is 1.69. The lowest BCUT2D eigenvalue weighted by atomic mass is 10.0. The Labute approximate surface area is 180 Å². The normalized spacial score (nSPS) is 14.8. The van der Waals surface area contributed by atoms with E-state index in [0.717, 1.165) is 5.56 Å². The van der Waals surface area contributed by atoms with Gasteiger partial charge in [-0.25, -0.2) is 4.79 Å². The van der Waals surface area contributed by atoms with Gasteiger partial charge in [-0.05, 0) is 55.0 Å². The average Bonchev–Trinajstić information content (AvgIpc) is 3.04. The fourth-order valence-electron chi connectivity index (χ4n) is 3.53. The van der Waals surface area contributed by atoms with Crippen LogP contribution in [-0.2, 0) is 14.3 Å². The van der Waals surface area contributed by atoms with Gasteiger partial charge in [0.05, 0.1) is 18.3 Å². The summed E-state index contributed by atoms with van der Waals surface area (Å²) in [6.45, 7) is 1.74. The van der Waals surface area contributed by atoms with Gasteiger partial charge in [0.2, 0.25) is 0 Å². The largest absolute Gasteiger partial charge is 0.465 e. The molecule has 3 aromatic rings. The molecule has 1 amide bonds. The van der Waals surface area contributed by atoms with Crippen LogP contribution >= 0.6 is 0 Å². The van der Waals surface area contributed by atoms with Gasteiger partial charge in [0.1, 0.15) is 11.5 Å². The molecule has 0 unspecified atom stereocenters. The van der Waals surface area contributed by atoms with Crippen molar-refractivity contribution in [2.75, 3.05) is 12.0 Å².